The standard InChI is InChI=1S/C17H16FN3O2S/c1-3-23-17(22)13-7-19-21(8-13)9-16-20-15(10-24-16)12-4-5-14(18)11(2)6-12/h4-8,10H,3,9H2,1-2H3. The Morgan fingerprint density at radius 1 is 1.42 bits per heavy atom. The number of carbonyl (C=O) groups excluding carboxylic acids is 1. The molecule has 0 N–H and O–H groups in total. The van der Waals surface area contributed by atoms with Crippen molar-refractivity contribution in [3.05, 3.63) is 57.9 Å². The van der Waals surface area contributed by atoms with Gasteiger partial charge in [-0.1, -0.05) is 0 Å². The van der Waals surface area contributed by atoms with Gasteiger partial charge < -0.3 is 4.74 Å². The SMILES string of the molecule is CCOC(=O)c1cnn(Cc2nc(-c3ccc(F)c(C)c3)cs2)c1. The highest BCUT2D eigenvalue weighted by Gasteiger charge is 2.11. The van der Waals surface area contributed by atoms with E-state index in [1.54, 1.807) is 36.9 Å². The van der Waals surface area contributed by atoms with Crippen molar-refractivity contribution in [1.29, 1.82) is 0 Å². The number of aryl methyl sites for hydroxylation is 1. The third-order valence-corrected chi connectivity index (χ3v) is 4.28. The van der Waals surface area contributed by atoms with Gasteiger partial charge >= 0.3 is 5.97 Å². The smallest absolute Gasteiger partial charge is 0.341 e. The first-order chi connectivity index (χ1) is 11.6. The molecule has 0 amide bonds. The van der Waals surface area contributed by atoms with E-state index in [1.165, 1.54) is 23.6 Å². The van der Waals surface area contributed by atoms with E-state index in [0.29, 0.717) is 24.3 Å². The molecule has 3 aromatic rings. The Morgan fingerprint density at radius 2 is 2.25 bits per heavy atom. The van der Waals surface area contributed by atoms with E-state index < -0.39 is 0 Å². The lowest BCUT2D eigenvalue weighted by atomic mass is 10.1. The summed E-state index contributed by atoms with van der Waals surface area (Å²) < 4.78 is 19.9. The van der Waals surface area contributed by atoms with E-state index in [9.17, 15) is 9.18 Å². The minimum Gasteiger partial charge on any atom is -0.462 e. The molecular weight excluding hydrogens is 329 g/mol. The maximum Gasteiger partial charge on any atom is 0.341 e. The third kappa shape index (κ3) is 3.51. The summed E-state index contributed by atoms with van der Waals surface area (Å²) in [6.07, 6.45) is 3.12. The zero-order valence-electron chi connectivity index (χ0n) is 13.3. The number of thiazole rings is 1. The van der Waals surface area contributed by atoms with Gasteiger partial charge in [-0.05, 0) is 37.6 Å². The second kappa shape index (κ2) is 6.92. The van der Waals surface area contributed by atoms with Crippen LogP contribution in [0.4, 0.5) is 4.39 Å². The van der Waals surface area contributed by atoms with Crippen molar-refractivity contribution in [2.75, 3.05) is 6.61 Å². The highest BCUT2D eigenvalue weighted by Crippen LogP contribution is 2.24. The third-order valence-electron chi connectivity index (χ3n) is 3.45. The van der Waals surface area contributed by atoms with Crippen molar-refractivity contribution < 1.29 is 13.9 Å². The quantitative estimate of drug-likeness (QED) is 0.662. The number of hydrogen-bond acceptors (Lipinski definition) is 5. The van der Waals surface area contributed by atoms with E-state index in [4.69, 9.17) is 4.74 Å². The van der Waals surface area contributed by atoms with Crippen LogP contribution in [-0.4, -0.2) is 27.3 Å². The molecule has 7 heteroatoms. The molecular formula is C17H16FN3O2S. The van der Waals surface area contributed by atoms with E-state index in [-0.39, 0.29) is 11.8 Å². The Balaban J connectivity index is 1.74. The van der Waals surface area contributed by atoms with Crippen LogP contribution in [0.3, 0.4) is 0 Å². The normalized spacial score (nSPS) is 10.8. The fraction of sp³-hybridized carbons (Fsp3) is 0.235. The molecule has 0 unspecified atom stereocenters. The number of esters is 1. The maximum absolute atomic E-state index is 13.4. The predicted molar refractivity (Wildman–Crippen MR) is 89.5 cm³/mol. The molecule has 0 atom stereocenters. The molecule has 0 radical (unpaired) electrons. The Hall–Kier alpha value is -2.54. The predicted octanol–water partition coefficient (Wildman–Crippen LogP) is 3.68. The maximum atomic E-state index is 13.4. The summed E-state index contributed by atoms with van der Waals surface area (Å²) in [5.74, 6) is -0.609. The van der Waals surface area contributed by atoms with Crippen molar-refractivity contribution in [3.8, 4) is 11.3 Å². The molecule has 2 aromatic heterocycles. The Morgan fingerprint density at radius 3 is 3.00 bits per heavy atom. The lowest BCUT2D eigenvalue weighted by Crippen LogP contribution is -2.04. The van der Waals surface area contributed by atoms with Crippen LogP contribution < -0.4 is 0 Å². The minimum atomic E-state index is -0.384. The largest absolute Gasteiger partial charge is 0.462 e. The first kappa shape index (κ1) is 16.3. The van der Waals surface area contributed by atoms with E-state index >= 15 is 0 Å². The number of aromatic nitrogens is 3. The van der Waals surface area contributed by atoms with Crippen LogP contribution in [-0.2, 0) is 11.3 Å². The van der Waals surface area contributed by atoms with Crippen molar-refractivity contribution in [3.63, 3.8) is 0 Å². The fourth-order valence-corrected chi connectivity index (χ4v) is 3.02. The number of nitrogens with zero attached hydrogens (tertiary/aromatic N) is 3. The van der Waals surface area contributed by atoms with Gasteiger partial charge in [0.2, 0.25) is 0 Å². The summed E-state index contributed by atoms with van der Waals surface area (Å²) in [6.45, 7) is 4.28. The van der Waals surface area contributed by atoms with Crippen molar-refractivity contribution in [2.45, 2.75) is 20.4 Å². The molecule has 0 saturated heterocycles. The average Bonchev–Trinajstić information content (AvgIpc) is 3.20. The number of halogens is 1. The van der Waals surface area contributed by atoms with Crippen LogP contribution in [0.25, 0.3) is 11.3 Å². The molecule has 0 saturated carbocycles. The summed E-state index contributed by atoms with van der Waals surface area (Å²) >= 11 is 1.50. The van der Waals surface area contributed by atoms with Gasteiger partial charge in [-0.15, -0.1) is 11.3 Å². The van der Waals surface area contributed by atoms with E-state index in [1.807, 2.05) is 5.38 Å². The number of benzene rings is 1. The van der Waals surface area contributed by atoms with Crippen LogP contribution >= 0.6 is 11.3 Å². The van der Waals surface area contributed by atoms with Gasteiger partial charge in [0, 0.05) is 17.1 Å². The number of hydrogen-bond donors (Lipinski definition) is 0. The van der Waals surface area contributed by atoms with Crippen LogP contribution in [0.5, 0.6) is 0 Å². The van der Waals surface area contributed by atoms with Crippen molar-refractivity contribution >= 4 is 17.3 Å². The summed E-state index contributed by atoms with van der Waals surface area (Å²) in [5, 5.41) is 6.94. The van der Waals surface area contributed by atoms with Crippen LogP contribution in [0.1, 0.15) is 27.9 Å². The number of rotatable bonds is 5. The molecule has 3 rings (SSSR count). The second-order valence-electron chi connectivity index (χ2n) is 5.24. The van der Waals surface area contributed by atoms with Gasteiger partial charge in [-0.25, -0.2) is 14.2 Å². The lowest BCUT2D eigenvalue weighted by Gasteiger charge is -2.00. The fourth-order valence-electron chi connectivity index (χ4n) is 2.23. The zero-order chi connectivity index (χ0) is 17.1. The van der Waals surface area contributed by atoms with Gasteiger partial charge in [0.25, 0.3) is 0 Å². The molecule has 5 nitrogen and oxygen atoms in total. The Kier molecular flexibility index (Phi) is 4.71. The molecule has 124 valence electrons. The van der Waals surface area contributed by atoms with E-state index in [2.05, 4.69) is 10.1 Å². The molecule has 0 aliphatic carbocycles. The molecule has 2 heterocycles. The second-order valence-corrected chi connectivity index (χ2v) is 6.18. The van der Waals surface area contributed by atoms with Crippen LogP contribution in [0.2, 0.25) is 0 Å². The minimum absolute atomic E-state index is 0.225. The van der Waals surface area contributed by atoms with Crippen LogP contribution in [0, 0.1) is 12.7 Å². The van der Waals surface area contributed by atoms with E-state index in [0.717, 1.165) is 16.3 Å². The number of carbonyl (C=O) groups is 1. The molecule has 1 aromatic carbocycles. The van der Waals surface area contributed by atoms with Crippen molar-refractivity contribution in [2.24, 2.45) is 0 Å². The highest BCUT2D eigenvalue weighted by molar-refractivity contribution is 7.09. The average molecular weight is 345 g/mol. The zero-order valence-corrected chi connectivity index (χ0v) is 14.1. The van der Waals surface area contributed by atoms with Crippen LogP contribution in [0.15, 0.2) is 36.0 Å². The first-order valence-corrected chi connectivity index (χ1v) is 8.35. The molecule has 0 aliphatic heterocycles. The molecule has 0 aliphatic rings. The monoisotopic (exact) mass is 345 g/mol. The lowest BCUT2D eigenvalue weighted by molar-refractivity contribution is 0.0526. The Labute approximate surface area is 142 Å². The number of ether oxygens (including phenoxy) is 1. The van der Waals surface area contributed by atoms with Gasteiger partial charge in [-0.2, -0.15) is 5.10 Å². The molecule has 0 spiro atoms. The topological polar surface area (TPSA) is 57.0 Å². The molecule has 0 fully saturated rings. The van der Waals surface area contributed by atoms with Gasteiger partial charge in [0.05, 0.1) is 30.6 Å². The summed E-state index contributed by atoms with van der Waals surface area (Å²) in [6, 6.07) is 4.94. The first-order valence-electron chi connectivity index (χ1n) is 7.47. The molecule has 0 bridgehead atoms. The van der Waals surface area contributed by atoms with Gasteiger partial charge in [0.15, 0.2) is 0 Å². The summed E-state index contributed by atoms with van der Waals surface area (Å²) in [7, 11) is 0. The van der Waals surface area contributed by atoms with Crippen molar-refractivity contribution in [1.82, 2.24) is 14.8 Å². The highest BCUT2D eigenvalue weighted by atomic mass is 32.1. The molecule has 24 heavy (non-hydrogen) atoms. The summed E-state index contributed by atoms with van der Waals surface area (Å²) in [4.78, 5) is 16.2. The van der Waals surface area contributed by atoms with Gasteiger partial charge in [-0.3, -0.25) is 4.68 Å². The van der Waals surface area contributed by atoms with Gasteiger partial charge in [0.1, 0.15) is 10.8 Å². The Bertz CT molecular complexity index is 872. The summed E-state index contributed by atoms with van der Waals surface area (Å²) in [5.41, 5.74) is 2.69.